The van der Waals surface area contributed by atoms with Crippen molar-refractivity contribution in [3.63, 3.8) is 0 Å². The van der Waals surface area contributed by atoms with Crippen LogP contribution in [-0.2, 0) is 20.4 Å². The third-order valence-corrected chi connectivity index (χ3v) is 10.9. The first kappa shape index (κ1) is 26.5. The fourth-order valence-corrected chi connectivity index (χ4v) is 8.56. The van der Waals surface area contributed by atoms with Crippen molar-refractivity contribution in [1.82, 2.24) is 5.32 Å². The molecule has 0 bridgehead atoms. The van der Waals surface area contributed by atoms with Crippen molar-refractivity contribution in [3.8, 4) is 0 Å². The van der Waals surface area contributed by atoms with Gasteiger partial charge in [-0.15, -0.1) is 0 Å². The molecule has 1 aliphatic heterocycles. The summed E-state index contributed by atoms with van der Waals surface area (Å²) in [6.45, 7) is 19.1. The molecule has 0 aromatic heterocycles. The first-order chi connectivity index (χ1) is 17.1. The highest BCUT2D eigenvalue weighted by molar-refractivity contribution is 5.94. The Hall–Kier alpha value is -2.10. The average Bonchev–Trinajstić information content (AvgIpc) is 3.15. The fraction of sp³-hybridized carbons (Fsp3) is 0.697. The Balaban J connectivity index is 1.40. The van der Waals surface area contributed by atoms with E-state index in [9.17, 15) is 9.59 Å². The molecular formula is C33H48N2O2. The maximum absolute atomic E-state index is 14.0. The van der Waals surface area contributed by atoms with E-state index in [1.165, 1.54) is 16.8 Å². The van der Waals surface area contributed by atoms with E-state index in [1.54, 1.807) is 0 Å². The summed E-state index contributed by atoms with van der Waals surface area (Å²) in [5.41, 5.74) is 4.70. The van der Waals surface area contributed by atoms with E-state index in [0.717, 1.165) is 44.3 Å². The largest absolute Gasteiger partial charge is 0.387 e. The highest BCUT2D eigenvalue weighted by Crippen LogP contribution is 2.64. The number of hydrogen-bond donors (Lipinski definition) is 2. The molecule has 4 unspecified atom stereocenters. The normalized spacial score (nSPS) is 35.6. The van der Waals surface area contributed by atoms with Gasteiger partial charge in [-0.1, -0.05) is 67.5 Å². The van der Waals surface area contributed by atoms with E-state index in [0.29, 0.717) is 24.2 Å². The van der Waals surface area contributed by atoms with Gasteiger partial charge in [-0.05, 0) is 83.3 Å². The maximum atomic E-state index is 14.0. The Labute approximate surface area is 224 Å². The monoisotopic (exact) mass is 504 g/mol. The van der Waals surface area contributed by atoms with Gasteiger partial charge in [0.1, 0.15) is 0 Å². The summed E-state index contributed by atoms with van der Waals surface area (Å²) in [5, 5.41) is 7.15. The first-order valence-corrected chi connectivity index (χ1v) is 14.6. The van der Waals surface area contributed by atoms with Crippen molar-refractivity contribution in [3.05, 3.63) is 41.1 Å². The number of benzene rings is 1. The Morgan fingerprint density at radius 1 is 0.973 bits per heavy atom. The summed E-state index contributed by atoms with van der Waals surface area (Å²) in [5.74, 6) is 2.24. The lowest BCUT2D eigenvalue weighted by Crippen LogP contribution is -2.57. The molecule has 1 amide bonds. The summed E-state index contributed by atoms with van der Waals surface area (Å²) in [6.07, 6.45) is 7.86. The Morgan fingerprint density at radius 2 is 1.70 bits per heavy atom. The highest BCUT2D eigenvalue weighted by atomic mass is 16.2. The van der Waals surface area contributed by atoms with Gasteiger partial charge in [-0.2, -0.15) is 0 Å². The van der Waals surface area contributed by atoms with Crippen LogP contribution >= 0.6 is 0 Å². The van der Waals surface area contributed by atoms with Crippen molar-refractivity contribution in [2.45, 2.75) is 105 Å². The second kappa shape index (κ2) is 8.71. The molecule has 2 N–H and O–H groups in total. The van der Waals surface area contributed by atoms with Gasteiger partial charge >= 0.3 is 0 Å². The van der Waals surface area contributed by atoms with Crippen LogP contribution < -0.4 is 10.6 Å². The van der Waals surface area contributed by atoms with Gasteiger partial charge in [0.15, 0.2) is 5.78 Å². The van der Waals surface area contributed by atoms with Crippen molar-refractivity contribution < 1.29 is 9.59 Å². The predicted molar refractivity (Wildman–Crippen MR) is 151 cm³/mol. The molecule has 6 atom stereocenters. The quantitative estimate of drug-likeness (QED) is 0.450. The molecule has 5 rings (SSSR count). The van der Waals surface area contributed by atoms with Crippen molar-refractivity contribution in [2.24, 2.45) is 34.5 Å². The minimum absolute atomic E-state index is 0.0263. The topological polar surface area (TPSA) is 58.2 Å². The van der Waals surface area contributed by atoms with E-state index in [2.05, 4.69) is 84.2 Å². The van der Waals surface area contributed by atoms with Crippen LogP contribution in [0.5, 0.6) is 0 Å². The number of allylic oxidation sites excluding steroid dienone is 2. The highest BCUT2D eigenvalue weighted by Gasteiger charge is 2.60. The van der Waals surface area contributed by atoms with Crippen LogP contribution in [0.4, 0.5) is 5.69 Å². The van der Waals surface area contributed by atoms with E-state index in [1.807, 2.05) is 6.08 Å². The number of piperidine rings is 1. The Bertz CT molecular complexity index is 1140. The van der Waals surface area contributed by atoms with Gasteiger partial charge in [0, 0.05) is 41.8 Å². The van der Waals surface area contributed by atoms with Crippen LogP contribution in [-0.4, -0.2) is 18.2 Å². The number of anilines is 1. The van der Waals surface area contributed by atoms with Crippen LogP contribution in [0, 0.1) is 34.5 Å². The average molecular weight is 505 g/mol. The smallest absolute Gasteiger partial charge is 0.228 e. The standard InChI is InChI=1S/C33H48N2O2/c1-30(2,3)20-9-10-25(31(4,5)6)27(17-20)35-29(37)26-12-11-23-22-19-34-28-18-21(36)13-15-33(28,8)24(22)14-16-32(23,26)7/h9-10,17-18,22-24,26,34H,11-16,19H2,1-8H3,(H,35,37)/t22?,23?,24?,26?,32-,33+/m0/s1. The zero-order valence-electron chi connectivity index (χ0n) is 24.4. The number of hydrogen-bond acceptors (Lipinski definition) is 3. The zero-order valence-corrected chi connectivity index (χ0v) is 24.4. The molecule has 1 saturated heterocycles. The number of rotatable bonds is 2. The number of carbonyl (C=O) groups is 2. The maximum Gasteiger partial charge on any atom is 0.228 e. The van der Waals surface area contributed by atoms with Crippen LogP contribution in [0.2, 0.25) is 0 Å². The van der Waals surface area contributed by atoms with Crippen LogP contribution in [0.3, 0.4) is 0 Å². The van der Waals surface area contributed by atoms with Gasteiger partial charge in [-0.3, -0.25) is 9.59 Å². The minimum Gasteiger partial charge on any atom is -0.387 e. The lowest BCUT2D eigenvalue weighted by atomic mass is 9.50. The summed E-state index contributed by atoms with van der Waals surface area (Å²) in [6, 6.07) is 6.66. The lowest BCUT2D eigenvalue weighted by Gasteiger charge is -2.58. The number of ketones is 1. The molecule has 4 aliphatic rings. The molecule has 1 aromatic rings. The molecule has 4 nitrogen and oxygen atoms in total. The third-order valence-electron chi connectivity index (χ3n) is 10.9. The molecule has 1 aromatic carbocycles. The molecule has 202 valence electrons. The molecule has 2 saturated carbocycles. The molecule has 0 radical (unpaired) electrons. The van der Waals surface area contributed by atoms with E-state index >= 15 is 0 Å². The van der Waals surface area contributed by atoms with Crippen molar-refractivity contribution >= 4 is 17.4 Å². The van der Waals surface area contributed by atoms with E-state index in [-0.39, 0.29) is 39.3 Å². The van der Waals surface area contributed by atoms with Gasteiger partial charge in [0.05, 0.1) is 0 Å². The van der Waals surface area contributed by atoms with Gasteiger partial charge in [0.2, 0.25) is 5.91 Å². The van der Waals surface area contributed by atoms with Crippen molar-refractivity contribution in [1.29, 1.82) is 0 Å². The molecule has 0 spiro atoms. The summed E-state index contributed by atoms with van der Waals surface area (Å²) in [7, 11) is 0. The van der Waals surface area contributed by atoms with E-state index in [4.69, 9.17) is 0 Å². The third kappa shape index (κ3) is 4.36. The summed E-state index contributed by atoms with van der Waals surface area (Å²) in [4.78, 5) is 26.2. The number of fused-ring (bicyclic) bond motifs is 5. The Kier molecular flexibility index (Phi) is 6.24. The summed E-state index contributed by atoms with van der Waals surface area (Å²) >= 11 is 0. The van der Waals surface area contributed by atoms with Gasteiger partial charge in [0.25, 0.3) is 0 Å². The van der Waals surface area contributed by atoms with Gasteiger partial charge < -0.3 is 10.6 Å². The summed E-state index contributed by atoms with van der Waals surface area (Å²) < 4.78 is 0. The van der Waals surface area contributed by atoms with Crippen LogP contribution in [0.25, 0.3) is 0 Å². The molecular weight excluding hydrogens is 456 g/mol. The van der Waals surface area contributed by atoms with Crippen LogP contribution in [0.15, 0.2) is 30.0 Å². The fourth-order valence-electron chi connectivity index (χ4n) is 8.56. The number of carbonyl (C=O) groups excluding carboxylic acids is 2. The van der Waals surface area contributed by atoms with Crippen LogP contribution in [0.1, 0.15) is 105 Å². The lowest BCUT2D eigenvalue weighted by molar-refractivity contribution is -0.127. The molecule has 3 aliphatic carbocycles. The zero-order chi connectivity index (χ0) is 27.0. The second-order valence-corrected chi connectivity index (χ2v) is 15.1. The second-order valence-electron chi connectivity index (χ2n) is 15.1. The Morgan fingerprint density at radius 3 is 2.38 bits per heavy atom. The predicted octanol–water partition coefficient (Wildman–Crippen LogP) is 7.14. The number of nitrogens with one attached hydrogen (secondary N) is 2. The van der Waals surface area contributed by atoms with Crippen molar-refractivity contribution in [2.75, 3.05) is 11.9 Å². The van der Waals surface area contributed by atoms with E-state index < -0.39 is 0 Å². The molecule has 37 heavy (non-hydrogen) atoms. The SMILES string of the molecule is CC(C)(C)c1ccc(C(C)(C)C)c(NC(=O)C2CCC3C4CNC5=CC(=O)CC[C@]5(C)C4CC[C@]23C)c1. The number of amides is 1. The first-order valence-electron chi connectivity index (χ1n) is 14.6. The van der Waals surface area contributed by atoms with Gasteiger partial charge in [-0.25, -0.2) is 0 Å². The molecule has 3 fully saturated rings. The molecule has 1 heterocycles. The minimum atomic E-state index is -0.0466. The molecule has 4 heteroatoms.